The summed E-state index contributed by atoms with van der Waals surface area (Å²) in [4.78, 5) is 10.5. The molecule has 0 saturated heterocycles. The van der Waals surface area contributed by atoms with Crippen LogP contribution in [0.3, 0.4) is 0 Å². The Hall–Kier alpha value is -2.29. The molecule has 6 nitrogen and oxygen atoms in total. The van der Waals surface area contributed by atoms with Crippen LogP contribution in [-0.2, 0) is 4.79 Å². The Morgan fingerprint density at radius 3 is 2.76 bits per heavy atom. The summed E-state index contributed by atoms with van der Waals surface area (Å²) >= 11 is 0. The van der Waals surface area contributed by atoms with Crippen LogP contribution in [0.1, 0.15) is 19.8 Å². The van der Waals surface area contributed by atoms with E-state index in [2.05, 4.69) is 15.8 Å². The predicted molar refractivity (Wildman–Crippen MR) is 66.6 cm³/mol. The summed E-state index contributed by atoms with van der Waals surface area (Å²) in [5.74, 6) is 0. The lowest BCUT2D eigenvalue weighted by molar-refractivity contribution is -0.104. The monoisotopic (exact) mass is 235 g/mol. The van der Waals surface area contributed by atoms with Crippen molar-refractivity contribution in [2.24, 2.45) is 10.8 Å². The van der Waals surface area contributed by atoms with E-state index in [1.807, 2.05) is 13.0 Å². The number of carbonyl (C=O) groups is 1. The molecule has 17 heavy (non-hydrogen) atoms. The quantitative estimate of drug-likeness (QED) is 0.256. The van der Waals surface area contributed by atoms with Crippen LogP contribution in [0.5, 0.6) is 0 Å². The van der Waals surface area contributed by atoms with Crippen LogP contribution in [0.15, 0.2) is 28.8 Å². The van der Waals surface area contributed by atoms with Crippen LogP contribution in [0, 0.1) is 11.3 Å². The molecule has 6 heteroatoms. The Labute approximate surface area is 101 Å². The van der Waals surface area contributed by atoms with Gasteiger partial charge in [-0.15, -0.1) is 0 Å². The molecule has 4 N–H and O–H groups in total. The summed E-state index contributed by atoms with van der Waals surface area (Å²) in [5.41, 5.74) is 9.21. The summed E-state index contributed by atoms with van der Waals surface area (Å²) in [7, 11) is 1.57. The Morgan fingerprint density at radius 2 is 2.29 bits per heavy atom. The van der Waals surface area contributed by atoms with E-state index in [0.717, 1.165) is 12.8 Å². The third-order valence-electron chi connectivity index (χ3n) is 1.77. The third-order valence-corrected chi connectivity index (χ3v) is 1.77. The molecule has 0 heterocycles. The number of nitrogens with one attached hydrogen (secondary N) is 2. The van der Waals surface area contributed by atoms with Crippen molar-refractivity contribution in [3.05, 3.63) is 23.7 Å². The minimum absolute atomic E-state index is 0.0835. The van der Waals surface area contributed by atoms with E-state index in [0.29, 0.717) is 17.7 Å². The molecule has 0 aliphatic heterocycles. The first-order valence-corrected chi connectivity index (χ1v) is 5.21. The Bertz CT molecular complexity index is 376. The normalized spacial score (nSPS) is 12.9. The highest BCUT2D eigenvalue weighted by molar-refractivity contribution is 6.12. The molecule has 92 valence electrons. The second kappa shape index (κ2) is 8.97. The fourth-order valence-electron chi connectivity index (χ4n) is 1.05. The molecule has 0 aromatic carbocycles. The average Bonchev–Trinajstić information content (AvgIpc) is 2.32. The first kappa shape index (κ1) is 14.7. The smallest absolute Gasteiger partial charge is 0.183 e. The summed E-state index contributed by atoms with van der Waals surface area (Å²) in [6.45, 7) is 2.01. The van der Waals surface area contributed by atoms with Crippen molar-refractivity contribution in [2.75, 3.05) is 7.05 Å². The molecule has 0 fully saturated rings. The predicted octanol–water partition coefficient (Wildman–Crippen LogP) is 0.358. The highest BCUT2D eigenvalue weighted by atomic mass is 16.1. The summed E-state index contributed by atoms with van der Waals surface area (Å²) in [6.07, 6.45) is 5.02. The van der Waals surface area contributed by atoms with Crippen LogP contribution >= 0.6 is 0 Å². The molecule has 0 atom stereocenters. The van der Waals surface area contributed by atoms with Gasteiger partial charge in [-0.2, -0.15) is 10.4 Å². The maximum atomic E-state index is 10.5. The SMILES string of the molecule is CCC/C(N)=C/NC(=C/C=O)/C(C#N)=N\NC. The van der Waals surface area contributed by atoms with Gasteiger partial charge in [-0.3, -0.25) is 4.79 Å². The largest absolute Gasteiger partial charge is 0.401 e. The van der Waals surface area contributed by atoms with E-state index in [1.165, 1.54) is 6.08 Å². The maximum Gasteiger partial charge on any atom is 0.183 e. The van der Waals surface area contributed by atoms with Crippen molar-refractivity contribution in [3.63, 3.8) is 0 Å². The molecule has 0 radical (unpaired) electrons. The summed E-state index contributed by atoms with van der Waals surface area (Å²) in [6, 6.07) is 1.87. The number of nitriles is 1. The minimum atomic E-state index is 0.0835. The molecular formula is C11H17N5O. The molecule has 0 aliphatic carbocycles. The zero-order valence-electron chi connectivity index (χ0n) is 10.0. The van der Waals surface area contributed by atoms with Crippen LogP contribution in [0.2, 0.25) is 0 Å². The van der Waals surface area contributed by atoms with Gasteiger partial charge in [-0.25, -0.2) is 0 Å². The van der Waals surface area contributed by atoms with Crippen molar-refractivity contribution in [3.8, 4) is 6.07 Å². The number of hydrazone groups is 1. The lowest BCUT2D eigenvalue weighted by Gasteiger charge is -2.05. The van der Waals surface area contributed by atoms with Crippen molar-refractivity contribution < 1.29 is 4.79 Å². The van der Waals surface area contributed by atoms with Gasteiger partial charge in [-0.1, -0.05) is 13.3 Å². The molecule has 0 aliphatic rings. The van der Waals surface area contributed by atoms with E-state index in [4.69, 9.17) is 11.0 Å². The summed E-state index contributed by atoms with van der Waals surface area (Å²) in [5, 5.41) is 15.4. The van der Waals surface area contributed by atoms with Gasteiger partial charge >= 0.3 is 0 Å². The van der Waals surface area contributed by atoms with Crippen molar-refractivity contribution in [1.29, 1.82) is 5.26 Å². The maximum absolute atomic E-state index is 10.5. The molecule has 0 aromatic heterocycles. The Kier molecular flexibility index (Phi) is 7.76. The van der Waals surface area contributed by atoms with Crippen LogP contribution in [0.4, 0.5) is 0 Å². The molecule has 0 spiro atoms. The van der Waals surface area contributed by atoms with Gasteiger partial charge in [0.1, 0.15) is 12.4 Å². The van der Waals surface area contributed by atoms with E-state index in [1.54, 1.807) is 13.2 Å². The number of hydrogen-bond donors (Lipinski definition) is 3. The van der Waals surface area contributed by atoms with Gasteiger partial charge in [0.15, 0.2) is 5.71 Å². The van der Waals surface area contributed by atoms with Crippen LogP contribution in [0.25, 0.3) is 0 Å². The van der Waals surface area contributed by atoms with Crippen molar-refractivity contribution in [2.45, 2.75) is 19.8 Å². The zero-order valence-corrected chi connectivity index (χ0v) is 10.0. The number of rotatable bonds is 7. The van der Waals surface area contributed by atoms with Gasteiger partial charge in [-0.05, 0) is 6.42 Å². The van der Waals surface area contributed by atoms with Crippen molar-refractivity contribution in [1.82, 2.24) is 10.7 Å². The number of nitrogens with two attached hydrogens (primary N) is 1. The fourth-order valence-corrected chi connectivity index (χ4v) is 1.05. The minimum Gasteiger partial charge on any atom is -0.401 e. The lowest BCUT2D eigenvalue weighted by atomic mass is 10.2. The second-order valence-corrected chi connectivity index (χ2v) is 3.13. The second-order valence-electron chi connectivity index (χ2n) is 3.13. The lowest BCUT2D eigenvalue weighted by Crippen LogP contribution is -2.18. The number of carbonyl (C=O) groups excluding carboxylic acids is 1. The van der Waals surface area contributed by atoms with E-state index in [-0.39, 0.29) is 5.71 Å². The molecule has 0 unspecified atom stereocenters. The first-order chi connectivity index (χ1) is 8.19. The molecule has 0 amide bonds. The van der Waals surface area contributed by atoms with Gasteiger partial charge in [0.2, 0.25) is 0 Å². The van der Waals surface area contributed by atoms with Gasteiger partial charge in [0.25, 0.3) is 0 Å². The molecule has 0 saturated carbocycles. The zero-order chi connectivity index (χ0) is 13.1. The van der Waals surface area contributed by atoms with Crippen LogP contribution in [-0.4, -0.2) is 19.0 Å². The standard InChI is InChI=1S/C11H17N5O/c1-3-4-9(13)8-15-10(5-6-17)11(7-12)16-14-2/h5-6,8,14-15H,3-4,13H2,1-2H3/b9-8-,10-5+,16-11-. The molecule has 0 aromatic rings. The highest BCUT2D eigenvalue weighted by Gasteiger charge is 2.04. The number of allylic oxidation sites excluding steroid dienone is 3. The van der Waals surface area contributed by atoms with E-state index < -0.39 is 0 Å². The fraction of sp³-hybridized carbons (Fsp3) is 0.364. The first-order valence-electron chi connectivity index (χ1n) is 5.21. The highest BCUT2D eigenvalue weighted by Crippen LogP contribution is 1.98. The van der Waals surface area contributed by atoms with E-state index in [9.17, 15) is 4.79 Å². The third kappa shape index (κ3) is 5.99. The van der Waals surface area contributed by atoms with Gasteiger partial charge in [0.05, 0.1) is 5.70 Å². The van der Waals surface area contributed by atoms with Crippen LogP contribution < -0.4 is 16.5 Å². The van der Waals surface area contributed by atoms with Gasteiger partial charge in [0, 0.05) is 25.0 Å². The Morgan fingerprint density at radius 1 is 1.59 bits per heavy atom. The average molecular weight is 235 g/mol. The Balaban J connectivity index is 4.85. The topological polar surface area (TPSA) is 103 Å². The summed E-state index contributed by atoms with van der Waals surface area (Å²) < 4.78 is 0. The van der Waals surface area contributed by atoms with Crippen molar-refractivity contribution >= 4 is 12.0 Å². The number of aldehydes is 1. The number of hydrogen-bond acceptors (Lipinski definition) is 6. The molecule has 0 bridgehead atoms. The van der Waals surface area contributed by atoms with E-state index >= 15 is 0 Å². The molecule has 0 rings (SSSR count). The van der Waals surface area contributed by atoms with Gasteiger partial charge < -0.3 is 16.5 Å². The molecular weight excluding hydrogens is 218 g/mol. The number of nitrogens with zero attached hydrogens (tertiary/aromatic N) is 2.